The topological polar surface area (TPSA) is 58.5 Å². The summed E-state index contributed by atoms with van der Waals surface area (Å²) in [4.78, 5) is 27.8. The van der Waals surface area contributed by atoms with Crippen LogP contribution in [0, 0.1) is 6.92 Å². The molecule has 1 aliphatic rings. The van der Waals surface area contributed by atoms with E-state index in [2.05, 4.69) is 10.3 Å². The predicted molar refractivity (Wildman–Crippen MR) is 70.9 cm³/mol. The van der Waals surface area contributed by atoms with Crippen LogP contribution in [0.3, 0.4) is 0 Å². The first kappa shape index (κ1) is 12.1. The molecule has 0 unspecified atom stereocenters. The van der Waals surface area contributed by atoms with Gasteiger partial charge in [-0.3, -0.25) is 9.59 Å². The molecule has 0 aromatic carbocycles. The number of nitrogens with zero attached hydrogens (tertiary/aromatic N) is 1. The highest BCUT2D eigenvalue weighted by atomic mass is 32.2. The number of hydrogen-bond acceptors (Lipinski definition) is 4. The summed E-state index contributed by atoms with van der Waals surface area (Å²) >= 11 is 2.76. The maximum Gasteiger partial charge on any atom is 0.286 e. The van der Waals surface area contributed by atoms with Crippen LogP contribution in [0.15, 0.2) is 21.3 Å². The second-order valence-corrected chi connectivity index (χ2v) is 5.46. The van der Waals surface area contributed by atoms with E-state index in [0.29, 0.717) is 10.1 Å². The number of nitrogens with one attached hydrogen (secondary N) is 1. The molecular formula is C11H10N2O2S2. The van der Waals surface area contributed by atoms with Gasteiger partial charge in [0.05, 0.1) is 4.91 Å². The number of amides is 2. The van der Waals surface area contributed by atoms with Crippen LogP contribution in [-0.4, -0.2) is 17.0 Å². The number of amidine groups is 1. The summed E-state index contributed by atoms with van der Waals surface area (Å²) in [5.74, 6) is -0.524. The third-order valence-electron chi connectivity index (χ3n) is 2.07. The van der Waals surface area contributed by atoms with Crippen LogP contribution in [0.2, 0.25) is 0 Å². The Bertz CT molecular complexity index is 543. The zero-order valence-corrected chi connectivity index (χ0v) is 10.9. The average molecular weight is 266 g/mol. The molecular weight excluding hydrogens is 256 g/mol. The molecule has 1 aromatic heterocycles. The Morgan fingerprint density at radius 2 is 2.29 bits per heavy atom. The monoisotopic (exact) mass is 266 g/mol. The Morgan fingerprint density at radius 3 is 2.88 bits per heavy atom. The zero-order valence-electron chi connectivity index (χ0n) is 9.31. The van der Waals surface area contributed by atoms with E-state index in [0.717, 1.165) is 10.4 Å². The predicted octanol–water partition coefficient (Wildman–Crippen LogP) is 2.16. The molecule has 0 bridgehead atoms. The summed E-state index contributed by atoms with van der Waals surface area (Å²) in [5.41, 5.74) is 1.13. The second-order valence-electron chi connectivity index (χ2n) is 3.48. The molecule has 17 heavy (non-hydrogen) atoms. The van der Waals surface area contributed by atoms with Crippen molar-refractivity contribution in [3.05, 3.63) is 26.8 Å². The third kappa shape index (κ3) is 2.83. The molecule has 1 aromatic rings. The summed E-state index contributed by atoms with van der Waals surface area (Å²) in [6.07, 6.45) is 1.81. The first-order valence-electron chi connectivity index (χ1n) is 4.90. The molecule has 88 valence electrons. The molecule has 2 amide bonds. The lowest BCUT2D eigenvalue weighted by atomic mass is 10.3. The van der Waals surface area contributed by atoms with Gasteiger partial charge in [0, 0.05) is 11.8 Å². The lowest BCUT2D eigenvalue weighted by Crippen LogP contribution is -2.23. The van der Waals surface area contributed by atoms with Crippen LogP contribution in [0.25, 0.3) is 6.08 Å². The number of aryl methyl sites for hydroxylation is 1. The van der Waals surface area contributed by atoms with Gasteiger partial charge < -0.3 is 5.32 Å². The van der Waals surface area contributed by atoms with Crippen molar-refractivity contribution in [2.75, 3.05) is 0 Å². The Labute approximate surface area is 107 Å². The molecule has 2 heterocycles. The van der Waals surface area contributed by atoms with Gasteiger partial charge in [-0.15, -0.1) is 11.3 Å². The van der Waals surface area contributed by atoms with E-state index in [1.54, 1.807) is 11.3 Å². The van der Waals surface area contributed by atoms with Crippen LogP contribution >= 0.6 is 23.1 Å². The van der Waals surface area contributed by atoms with Crippen LogP contribution < -0.4 is 5.32 Å². The molecule has 0 spiro atoms. The molecule has 0 saturated carbocycles. The normalized spacial score (nSPS) is 17.4. The van der Waals surface area contributed by atoms with Crippen LogP contribution in [0.4, 0.5) is 0 Å². The van der Waals surface area contributed by atoms with Crippen molar-refractivity contribution in [3.8, 4) is 0 Å². The molecule has 0 aliphatic carbocycles. The zero-order chi connectivity index (χ0) is 12.4. The number of thiophene rings is 1. The minimum absolute atomic E-state index is 0.224. The van der Waals surface area contributed by atoms with Gasteiger partial charge in [-0.1, -0.05) is 0 Å². The average Bonchev–Trinajstić information content (AvgIpc) is 2.75. The summed E-state index contributed by atoms with van der Waals surface area (Å²) in [5, 5.41) is 4.84. The Balaban J connectivity index is 2.17. The third-order valence-corrected chi connectivity index (χ3v) is 3.93. The molecule has 1 N–H and O–H groups in total. The van der Waals surface area contributed by atoms with E-state index >= 15 is 0 Å². The fourth-order valence-electron chi connectivity index (χ4n) is 1.26. The van der Waals surface area contributed by atoms with Crippen LogP contribution in [-0.2, 0) is 9.59 Å². The highest BCUT2D eigenvalue weighted by Crippen LogP contribution is 2.29. The largest absolute Gasteiger partial charge is 0.305 e. The maximum atomic E-state index is 11.6. The fraction of sp³-hybridized carbons (Fsp3) is 0.182. The molecule has 0 saturated heterocycles. The first-order chi connectivity index (χ1) is 8.06. The maximum absolute atomic E-state index is 11.6. The van der Waals surface area contributed by atoms with E-state index in [-0.39, 0.29) is 11.8 Å². The molecule has 1 aliphatic heterocycles. The number of thioether (sulfide) groups is 1. The Kier molecular flexibility index (Phi) is 3.44. The summed E-state index contributed by atoms with van der Waals surface area (Å²) in [7, 11) is 0. The highest BCUT2D eigenvalue weighted by molar-refractivity contribution is 8.18. The van der Waals surface area contributed by atoms with Gasteiger partial charge in [-0.25, -0.2) is 0 Å². The molecule has 0 radical (unpaired) electrons. The molecule has 2 rings (SSSR count). The van der Waals surface area contributed by atoms with Crippen molar-refractivity contribution in [2.45, 2.75) is 13.8 Å². The van der Waals surface area contributed by atoms with Crippen molar-refractivity contribution < 1.29 is 9.59 Å². The fourth-order valence-corrected chi connectivity index (χ4v) is 3.04. The quantitative estimate of drug-likeness (QED) is 0.792. The van der Waals surface area contributed by atoms with Crippen molar-refractivity contribution >= 4 is 46.2 Å². The number of hydrogen-bond donors (Lipinski definition) is 1. The summed E-state index contributed by atoms with van der Waals surface area (Å²) < 4.78 is 0. The van der Waals surface area contributed by atoms with Crippen molar-refractivity contribution in [1.82, 2.24) is 5.32 Å². The number of rotatable bonds is 1. The van der Waals surface area contributed by atoms with Gasteiger partial charge in [0.1, 0.15) is 0 Å². The molecule has 4 nitrogen and oxygen atoms in total. The first-order valence-corrected chi connectivity index (χ1v) is 6.60. The number of aliphatic imine (C=N–C) groups is 1. The van der Waals surface area contributed by atoms with Gasteiger partial charge in [0.2, 0.25) is 5.91 Å². The smallest absolute Gasteiger partial charge is 0.286 e. The lowest BCUT2D eigenvalue weighted by molar-refractivity contribution is -0.117. The van der Waals surface area contributed by atoms with E-state index in [4.69, 9.17) is 0 Å². The Morgan fingerprint density at radius 1 is 1.53 bits per heavy atom. The van der Waals surface area contributed by atoms with Crippen molar-refractivity contribution in [2.24, 2.45) is 4.99 Å². The summed E-state index contributed by atoms with van der Waals surface area (Å²) in [6, 6.07) is 2.00. The van der Waals surface area contributed by atoms with Crippen molar-refractivity contribution in [1.29, 1.82) is 0 Å². The lowest BCUT2D eigenvalue weighted by Gasteiger charge is -1.97. The SMILES string of the molecule is CC(=O)NC1=NC(=O)/C(=C\c2sccc2C)S1. The Hall–Kier alpha value is -1.40. The van der Waals surface area contributed by atoms with Crippen LogP contribution in [0.5, 0.6) is 0 Å². The second kappa shape index (κ2) is 4.85. The standard InChI is InChI=1S/C11H10N2O2S2/c1-6-3-4-16-8(6)5-9-10(15)13-11(17-9)12-7(2)14/h3-5H,1-2H3,(H,12,13,14,15)/b9-5+. The van der Waals surface area contributed by atoms with E-state index < -0.39 is 0 Å². The van der Waals surface area contributed by atoms with Gasteiger partial charge in [0.15, 0.2) is 5.17 Å². The van der Waals surface area contributed by atoms with Crippen molar-refractivity contribution in [3.63, 3.8) is 0 Å². The highest BCUT2D eigenvalue weighted by Gasteiger charge is 2.22. The summed E-state index contributed by atoms with van der Waals surface area (Å²) in [6.45, 7) is 3.38. The number of carbonyl (C=O) groups excluding carboxylic acids is 2. The van der Waals surface area contributed by atoms with E-state index in [9.17, 15) is 9.59 Å². The van der Waals surface area contributed by atoms with Gasteiger partial charge in [0.25, 0.3) is 5.91 Å². The van der Waals surface area contributed by atoms with Crippen LogP contribution in [0.1, 0.15) is 17.4 Å². The minimum Gasteiger partial charge on any atom is -0.305 e. The number of carbonyl (C=O) groups is 2. The molecule has 0 atom stereocenters. The van der Waals surface area contributed by atoms with Gasteiger partial charge in [-0.05, 0) is 41.8 Å². The van der Waals surface area contributed by atoms with E-state index in [1.165, 1.54) is 18.7 Å². The molecule has 0 fully saturated rings. The minimum atomic E-state index is -0.299. The van der Waals surface area contributed by atoms with E-state index in [1.807, 2.05) is 24.4 Å². The molecule has 6 heteroatoms. The van der Waals surface area contributed by atoms with Gasteiger partial charge >= 0.3 is 0 Å². The van der Waals surface area contributed by atoms with Gasteiger partial charge in [-0.2, -0.15) is 4.99 Å².